The van der Waals surface area contributed by atoms with Crippen LogP contribution < -0.4 is 11.1 Å². The molecule has 0 saturated heterocycles. The number of rotatable bonds is 4. The second kappa shape index (κ2) is 9.17. The number of nitrogens with zero attached hydrogens (tertiary/aromatic N) is 1. The monoisotopic (exact) mass is 557 g/mol. The van der Waals surface area contributed by atoms with Crippen LogP contribution in [0.3, 0.4) is 0 Å². The maximum absolute atomic E-state index is 13.7. The van der Waals surface area contributed by atoms with Gasteiger partial charge in [-0.05, 0) is 53.6 Å². The summed E-state index contributed by atoms with van der Waals surface area (Å²) in [4.78, 5) is 50.5. The average molecular weight is 558 g/mol. The van der Waals surface area contributed by atoms with Gasteiger partial charge in [0, 0.05) is 29.7 Å². The molecule has 3 atom stereocenters. The highest BCUT2D eigenvalue weighted by atomic mass is 16.5. The molecule has 2 aromatic carbocycles. The maximum Gasteiger partial charge on any atom is 0.294 e. The van der Waals surface area contributed by atoms with Gasteiger partial charge in [0.2, 0.25) is 11.5 Å². The predicted molar refractivity (Wildman–Crippen MR) is 141 cm³/mol. The van der Waals surface area contributed by atoms with E-state index in [2.05, 4.69) is 10.5 Å². The minimum Gasteiger partial charge on any atom is -0.508 e. The second-order valence-corrected chi connectivity index (χ2v) is 10.3. The number of hydrogen-bond acceptors (Lipinski definition) is 10. The lowest BCUT2D eigenvalue weighted by Gasteiger charge is -2.46. The van der Waals surface area contributed by atoms with Crippen LogP contribution in [-0.4, -0.2) is 54.6 Å². The van der Waals surface area contributed by atoms with E-state index in [4.69, 9.17) is 10.3 Å². The van der Waals surface area contributed by atoms with Gasteiger partial charge in [-0.1, -0.05) is 23.4 Å². The van der Waals surface area contributed by atoms with Crippen LogP contribution in [-0.2, 0) is 20.8 Å². The standard InChI is InChI=1S/C29H23N3O9/c30-27(38)23-19(34)11-14-8-13-10-17-16(12-2-1-3-15(9-12)32-28(39)20-6-7-31-41-20)4-5-18(33)22(17)24(35)21(13)25(36)29(14,40)26(23)37/h1-7,9,13-14,33,35,37,40H,8,10-11H2,(H2,30,38)(H,32,39)/t13-,14+,29+/m1/s1. The summed E-state index contributed by atoms with van der Waals surface area (Å²) >= 11 is 0. The van der Waals surface area contributed by atoms with E-state index in [-0.39, 0.29) is 35.5 Å². The van der Waals surface area contributed by atoms with Crippen LogP contribution in [0.2, 0.25) is 0 Å². The molecule has 1 saturated carbocycles. The Morgan fingerprint density at radius 2 is 1.85 bits per heavy atom. The Morgan fingerprint density at radius 1 is 1.07 bits per heavy atom. The van der Waals surface area contributed by atoms with Gasteiger partial charge in [0.05, 0.1) is 11.8 Å². The number of Topliss-reactive ketones (excluding diaryl/α,β-unsaturated/α-hetero) is 2. The van der Waals surface area contributed by atoms with E-state index in [0.29, 0.717) is 22.4 Å². The van der Waals surface area contributed by atoms with Gasteiger partial charge in [-0.2, -0.15) is 0 Å². The van der Waals surface area contributed by atoms with Gasteiger partial charge < -0.3 is 36.0 Å². The average Bonchev–Trinajstić information content (AvgIpc) is 3.46. The van der Waals surface area contributed by atoms with E-state index < -0.39 is 64.3 Å². The fourth-order valence-corrected chi connectivity index (χ4v) is 6.18. The molecule has 1 fully saturated rings. The van der Waals surface area contributed by atoms with Crippen LogP contribution >= 0.6 is 0 Å². The molecule has 3 aliphatic carbocycles. The van der Waals surface area contributed by atoms with Gasteiger partial charge >= 0.3 is 0 Å². The summed E-state index contributed by atoms with van der Waals surface area (Å²) in [6, 6.07) is 11.2. The minimum absolute atomic E-state index is 0.0191. The van der Waals surface area contributed by atoms with Crippen molar-refractivity contribution in [1.82, 2.24) is 5.16 Å². The third-order valence-electron chi connectivity index (χ3n) is 8.04. The number of nitrogens with two attached hydrogens (primary N) is 1. The number of ketones is 2. The number of aliphatic hydroxyl groups excluding tert-OH is 2. The van der Waals surface area contributed by atoms with E-state index >= 15 is 0 Å². The number of hydrogen-bond donors (Lipinski definition) is 6. The number of amides is 2. The van der Waals surface area contributed by atoms with E-state index in [1.54, 1.807) is 30.3 Å². The molecule has 3 aromatic rings. The highest BCUT2D eigenvalue weighted by Crippen LogP contribution is 2.53. The van der Waals surface area contributed by atoms with Gasteiger partial charge in [-0.3, -0.25) is 19.2 Å². The smallest absolute Gasteiger partial charge is 0.294 e. The Bertz CT molecular complexity index is 1740. The zero-order chi connectivity index (χ0) is 29.2. The fraction of sp³-hybridized carbons (Fsp3) is 0.207. The molecule has 208 valence electrons. The van der Waals surface area contributed by atoms with Crippen molar-refractivity contribution >= 4 is 34.8 Å². The Kier molecular flexibility index (Phi) is 5.82. The summed E-state index contributed by atoms with van der Waals surface area (Å²) in [5.41, 5.74) is 3.69. The molecule has 1 heterocycles. The van der Waals surface area contributed by atoms with Gasteiger partial charge in [0.25, 0.3) is 11.8 Å². The van der Waals surface area contributed by atoms with Crippen LogP contribution in [0.1, 0.15) is 34.5 Å². The lowest BCUT2D eigenvalue weighted by atomic mass is 9.59. The number of aromatic nitrogens is 1. The normalized spacial score (nSPS) is 23.5. The second-order valence-electron chi connectivity index (χ2n) is 10.3. The number of carbonyl (C=O) groups is 4. The molecule has 0 bridgehead atoms. The number of fused-ring (bicyclic) bond motifs is 3. The SMILES string of the molecule is NC(=O)C1=C(O)[C@@]2(O)C(=O)C3=C(O)c4c(O)ccc(-c5cccc(NC(=O)c6ccno6)c5)c4C[C@H]3C[C@H]2CC1=O. The molecule has 12 heteroatoms. The van der Waals surface area contributed by atoms with Crippen LogP contribution in [0.4, 0.5) is 5.69 Å². The maximum atomic E-state index is 13.7. The number of phenolic OH excluding ortho intramolecular Hbond substituents is 1. The van der Waals surface area contributed by atoms with Gasteiger partial charge in [0.15, 0.2) is 11.4 Å². The highest BCUT2D eigenvalue weighted by molar-refractivity contribution is 6.22. The molecule has 1 aromatic heterocycles. The quantitative estimate of drug-likeness (QED) is 0.258. The number of aromatic hydroxyl groups is 1. The van der Waals surface area contributed by atoms with Crippen molar-refractivity contribution in [3.8, 4) is 16.9 Å². The van der Waals surface area contributed by atoms with Crippen molar-refractivity contribution in [2.75, 3.05) is 5.32 Å². The van der Waals surface area contributed by atoms with E-state index in [0.717, 1.165) is 0 Å². The molecule has 7 N–H and O–H groups in total. The summed E-state index contributed by atoms with van der Waals surface area (Å²) < 4.78 is 4.89. The van der Waals surface area contributed by atoms with Crippen LogP contribution in [0.25, 0.3) is 16.9 Å². The van der Waals surface area contributed by atoms with Gasteiger partial charge in [-0.25, -0.2) is 0 Å². The zero-order valence-corrected chi connectivity index (χ0v) is 21.2. The molecular formula is C29H23N3O9. The van der Waals surface area contributed by atoms with Crippen molar-refractivity contribution < 1.29 is 44.1 Å². The van der Waals surface area contributed by atoms with Gasteiger partial charge in [0.1, 0.15) is 22.8 Å². The summed E-state index contributed by atoms with van der Waals surface area (Å²) in [6.45, 7) is 0. The van der Waals surface area contributed by atoms with Crippen LogP contribution in [0.5, 0.6) is 5.75 Å². The molecule has 0 aliphatic heterocycles. The summed E-state index contributed by atoms with van der Waals surface area (Å²) in [7, 11) is 0. The van der Waals surface area contributed by atoms with E-state index in [1.807, 2.05) is 0 Å². The first-order valence-electron chi connectivity index (χ1n) is 12.7. The van der Waals surface area contributed by atoms with Crippen molar-refractivity contribution in [3.05, 3.63) is 82.5 Å². The third-order valence-corrected chi connectivity index (χ3v) is 8.04. The van der Waals surface area contributed by atoms with Crippen molar-refractivity contribution in [1.29, 1.82) is 0 Å². The summed E-state index contributed by atoms with van der Waals surface area (Å²) in [5.74, 6) is -7.37. The minimum atomic E-state index is -2.63. The number of phenols is 1. The van der Waals surface area contributed by atoms with E-state index in [9.17, 15) is 39.6 Å². The Labute approximate surface area is 231 Å². The highest BCUT2D eigenvalue weighted by Gasteiger charge is 2.60. The number of nitrogens with one attached hydrogen (secondary N) is 1. The van der Waals surface area contributed by atoms with Crippen molar-refractivity contribution in [3.63, 3.8) is 0 Å². The lowest BCUT2D eigenvalue weighted by molar-refractivity contribution is -0.147. The Balaban J connectivity index is 1.43. The molecule has 3 aliphatic rings. The molecule has 0 unspecified atom stereocenters. The van der Waals surface area contributed by atoms with Gasteiger partial charge in [-0.15, -0.1) is 0 Å². The van der Waals surface area contributed by atoms with Crippen LogP contribution in [0, 0.1) is 11.8 Å². The number of primary amides is 1. The van der Waals surface area contributed by atoms with Crippen LogP contribution in [0.15, 0.2) is 70.1 Å². The Morgan fingerprint density at radius 3 is 2.56 bits per heavy atom. The first kappa shape index (κ1) is 26.0. The molecule has 41 heavy (non-hydrogen) atoms. The fourth-order valence-electron chi connectivity index (χ4n) is 6.18. The summed E-state index contributed by atoms with van der Waals surface area (Å²) in [6.07, 6.45) is 1.11. The topological polar surface area (TPSA) is 213 Å². The molecule has 12 nitrogen and oxygen atoms in total. The molecule has 0 spiro atoms. The predicted octanol–water partition coefficient (Wildman–Crippen LogP) is 2.33. The first-order chi connectivity index (χ1) is 19.5. The molecule has 6 rings (SSSR count). The number of aliphatic hydroxyl groups is 3. The lowest BCUT2D eigenvalue weighted by Crippen LogP contribution is -2.58. The molecule has 0 radical (unpaired) electrons. The zero-order valence-electron chi connectivity index (χ0n) is 21.2. The third kappa shape index (κ3) is 3.83. The van der Waals surface area contributed by atoms with Crippen molar-refractivity contribution in [2.45, 2.75) is 24.9 Å². The number of benzene rings is 2. The van der Waals surface area contributed by atoms with E-state index in [1.165, 1.54) is 18.3 Å². The molecule has 2 amide bonds. The number of anilines is 1. The molecular weight excluding hydrogens is 534 g/mol. The largest absolute Gasteiger partial charge is 0.508 e. The summed E-state index contributed by atoms with van der Waals surface area (Å²) in [5, 5.41) is 50.4. The number of carbonyl (C=O) groups excluding carboxylic acids is 4. The first-order valence-corrected chi connectivity index (χ1v) is 12.7. The van der Waals surface area contributed by atoms with Crippen molar-refractivity contribution in [2.24, 2.45) is 17.6 Å². The Hall–Kier alpha value is -5.23.